The summed E-state index contributed by atoms with van der Waals surface area (Å²) in [5, 5.41) is 8.55. The van der Waals surface area contributed by atoms with Crippen LogP contribution in [0.25, 0.3) is 0 Å². The summed E-state index contributed by atoms with van der Waals surface area (Å²) in [5.74, 6) is -0.352. The molecule has 4 nitrogen and oxygen atoms in total. The molecule has 0 aliphatic carbocycles. The lowest BCUT2D eigenvalue weighted by atomic mass is 10.2. The number of carbonyl (C=O) groups excluding carboxylic acids is 2. The van der Waals surface area contributed by atoms with Gasteiger partial charge in [-0.25, -0.2) is 0 Å². The Morgan fingerprint density at radius 3 is 2.24 bits per heavy atom. The quantitative estimate of drug-likeness (QED) is 0.552. The second kappa shape index (κ2) is 10.5. The molecule has 0 radical (unpaired) electrons. The van der Waals surface area contributed by atoms with Crippen molar-refractivity contribution in [2.45, 2.75) is 37.0 Å². The summed E-state index contributed by atoms with van der Waals surface area (Å²) >= 11 is 2.34. The van der Waals surface area contributed by atoms with Crippen LogP contribution in [0.4, 0.5) is 0 Å². The minimum Gasteiger partial charge on any atom is -0.481 e. The average Bonchev–Trinajstić information content (AvgIpc) is 2.44. The van der Waals surface area contributed by atoms with E-state index in [-0.39, 0.29) is 16.7 Å². The van der Waals surface area contributed by atoms with Gasteiger partial charge >= 0.3 is 5.97 Å². The van der Waals surface area contributed by atoms with Crippen molar-refractivity contribution in [1.82, 2.24) is 0 Å². The van der Waals surface area contributed by atoms with E-state index in [9.17, 15) is 14.4 Å². The molecule has 1 rings (SSSR count). The summed E-state index contributed by atoms with van der Waals surface area (Å²) in [4.78, 5) is 34.4. The minimum absolute atomic E-state index is 0.0258. The molecule has 0 amide bonds. The number of thioether (sulfide) groups is 2. The fourth-order valence-electron chi connectivity index (χ4n) is 1.54. The van der Waals surface area contributed by atoms with Gasteiger partial charge in [-0.05, 0) is 25.0 Å². The molecule has 0 unspecified atom stereocenters. The van der Waals surface area contributed by atoms with E-state index < -0.39 is 5.97 Å². The maximum absolute atomic E-state index is 11.7. The molecule has 6 heteroatoms. The highest BCUT2D eigenvalue weighted by atomic mass is 32.2. The van der Waals surface area contributed by atoms with Crippen molar-refractivity contribution in [2.24, 2.45) is 0 Å². The number of carboxylic acid groups (broad SMARTS) is 1. The van der Waals surface area contributed by atoms with Crippen LogP contribution in [0, 0.1) is 0 Å². The number of aliphatic carboxylic acids is 1. The normalized spacial score (nSPS) is 10.3. The summed E-state index contributed by atoms with van der Waals surface area (Å²) in [6.45, 7) is 0. The molecule has 0 heterocycles. The molecule has 0 atom stereocenters. The third-order valence-corrected chi connectivity index (χ3v) is 4.44. The first kappa shape index (κ1) is 17.8. The molecule has 0 saturated heterocycles. The Balaban J connectivity index is 2.08. The summed E-state index contributed by atoms with van der Waals surface area (Å²) in [6.07, 6.45) is 1.93. The van der Waals surface area contributed by atoms with E-state index in [4.69, 9.17) is 5.11 Å². The Kier molecular flexibility index (Phi) is 8.85. The molecule has 1 aromatic carbocycles. The van der Waals surface area contributed by atoms with Crippen LogP contribution in [0.15, 0.2) is 35.2 Å². The van der Waals surface area contributed by atoms with Gasteiger partial charge in [0.25, 0.3) is 0 Å². The number of carbonyl (C=O) groups is 3. The van der Waals surface area contributed by atoms with Gasteiger partial charge in [-0.1, -0.05) is 41.7 Å². The van der Waals surface area contributed by atoms with Gasteiger partial charge in [-0.2, -0.15) is 0 Å². The maximum Gasteiger partial charge on any atom is 0.303 e. The fourth-order valence-corrected chi connectivity index (χ4v) is 3.23. The van der Waals surface area contributed by atoms with Crippen LogP contribution in [0.1, 0.15) is 32.1 Å². The van der Waals surface area contributed by atoms with Gasteiger partial charge in [-0.15, -0.1) is 0 Å². The van der Waals surface area contributed by atoms with Gasteiger partial charge in [0.2, 0.25) is 0 Å². The van der Waals surface area contributed by atoms with Crippen molar-refractivity contribution >= 4 is 39.7 Å². The van der Waals surface area contributed by atoms with Crippen LogP contribution in [0.3, 0.4) is 0 Å². The predicted molar refractivity (Wildman–Crippen MR) is 85.5 cm³/mol. The van der Waals surface area contributed by atoms with Gasteiger partial charge < -0.3 is 5.11 Å². The van der Waals surface area contributed by atoms with Crippen LogP contribution in [0.5, 0.6) is 0 Å². The second-order valence-corrected chi connectivity index (χ2v) is 6.64. The largest absolute Gasteiger partial charge is 0.481 e. The smallest absolute Gasteiger partial charge is 0.303 e. The standard InChI is InChI=1S/C15H18O4S2/c16-13(17)8-4-5-9-14(18)20-11-10-15(19)21-12-6-2-1-3-7-12/h1-3,6-7H,4-5,8-11H2,(H,16,17). The lowest BCUT2D eigenvalue weighted by Crippen LogP contribution is -1.99. The van der Waals surface area contributed by atoms with Crippen LogP contribution in [-0.2, 0) is 14.4 Å². The molecule has 0 aliphatic rings. The van der Waals surface area contributed by atoms with Crippen molar-refractivity contribution in [3.8, 4) is 0 Å². The van der Waals surface area contributed by atoms with Gasteiger partial charge in [0.1, 0.15) is 0 Å². The molecule has 0 saturated carbocycles. The Morgan fingerprint density at radius 1 is 0.905 bits per heavy atom. The van der Waals surface area contributed by atoms with E-state index in [1.165, 1.54) is 11.8 Å². The molecule has 21 heavy (non-hydrogen) atoms. The van der Waals surface area contributed by atoms with Crippen molar-refractivity contribution in [3.05, 3.63) is 30.3 Å². The lowest BCUT2D eigenvalue weighted by molar-refractivity contribution is -0.137. The number of unbranched alkanes of at least 4 members (excludes halogenated alkanes) is 1. The highest BCUT2D eigenvalue weighted by Gasteiger charge is 2.08. The maximum atomic E-state index is 11.7. The average molecular weight is 326 g/mol. The molecule has 1 N–H and O–H groups in total. The molecular formula is C15H18O4S2. The van der Waals surface area contributed by atoms with E-state index >= 15 is 0 Å². The zero-order valence-corrected chi connectivity index (χ0v) is 13.3. The van der Waals surface area contributed by atoms with Crippen LogP contribution < -0.4 is 0 Å². The van der Waals surface area contributed by atoms with E-state index in [0.717, 1.165) is 16.7 Å². The zero-order chi connectivity index (χ0) is 15.5. The highest BCUT2D eigenvalue weighted by Crippen LogP contribution is 2.21. The van der Waals surface area contributed by atoms with Gasteiger partial charge in [0.15, 0.2) is 10.2 Å². The SMILES string of the molecule is O=C(O)CCCCC(=O)SCCC(=O)Sc1ccccc1. The number of carboxylic acids is 1. The van der Waals surface area contributed by atoms with E-state index in [1.54, 1.807) is 0 Å². The number of rotatable bonds is 9. The number of hydrogen-bond donors (Lipinski definition) is 1. The van der Waals surface area contributed by atoms with Crippen molar-refractivity contribution < 1.29 is 19.5 Å². The zero-order valence-electron chi connectivity index (χ0n) is 11.6. The highest BCUT2D eigenvalue weighted by molar-refractivity contribution is 8.14. The topological polar surface area (TPSA) is 71.4 Å². The van der Waals surface area contributed by atoms with E-state index in [1.807, 2.05) is 30.3 Å². The molecule has 0 fully saturated rings. The third kappa shape index (κ3) is 9.31. The fraction of sp³-hybridized carbons (Fsp3) is 0.400. The molecule has 0 bridgehead atoms. The second-order valence-electron chi connectivity index (χ2n) is 4.36. The molecule has 114 valence electrons. The Bertz CT molecular complexity index is 474. The monoisotopic (exact) mass is 326 g/mol. The first-order chi connectivity index (χ1) is 10.1. The molecule has 0 spiro atoms. The van der Waals surface area contributed by atoms with Crippen molar-refractivity contribution in [1.29, 1.82) is 0 Å². The molecule has 0 aromatic heterocycles. The molecule has 1 aromatic rings. The van der Waals surface area contributed by atoms with Crippen LogP contribution >= 0.6 is 23.5 Å². The van der Waals surface area contributed by atoms with E-state index in [2.05, 4.69) is 0 Å². The summed E-state index contributed by atoms with van der Waals surface area (Å²) < 4.78 is 0. The van der Waals surface area contributed by atoms with Gasteiger partial charge in [0, 0.05) is 29.9 Å². The van der Waals surface area contributed by atoms with E-state index in [0.29, 0.717) is 31.4 Å². The summed E-state index contributed by atoms with van der Waals surface area (Å²) in [7, 11) is 0. The van der Waals surface area contributed by atoms with Crippen molar-refractivity contribution in [3.63, 3.8) is 0 Å². The molecular weight excluding hydrogens is 308 g/mol. The Morgan fingerprint density at radius 2 is 1.57 bits per heavy atom. The Labute approximate surface area is 132 Å². The van der Waals surface area contributed by atoms with Crippen LogP contribution in [0.2, 0.25) is 0 Å². The first-order valence-electron chi connectivity index (χ1n) is 6.71. The number of hydrogen-bond acceptors (Lipinski definition) is 5. The Hall–Kier alpha value is -1.27. The first-order valence-corrected chi connectivity index (χ1v) is 8.51. The third-order valence-electron chi connectivity index (χ3n) is 2.57. The molecule has 0 aliphatic heterocycles. The van der Waals surface area contributed by atoms with Crippen LogP contribution in [-0.4, -0.2) is 27.1 Å². The number of benzene rings is 1. The van der Waals surface area contributed by atoms with Gasteiger partial charge in [0.05, 0.1) is 0 Å². The van der Waals surface area contributed by atoms with Gasteiger partial charge in [-0.3, -0.25) is 14.4 Å². The summed E-state index contributed by atoms with van der Waals surface area (Å²) in [5.41, 5.74) is 0. The minimum atomic E-state index is -0.835. The van der Waals surface area contributed by atoms with Crippen molar-refractivity contribution in [2.75, 3.05) is 5.75 Å². The lowest BCUT2D eigenvalue weighted by Gasteiger charge is -2.01. The summed E-state index contributed by atoms with van der Waals surface area (Å²) in [6, 6.07) is 9.41. The predicted octanol–water partition coefficient (Wildman–Crippen LogP) is 3.60.